The van der Waals surface area contributed by atoms with Crippen LogP contribution in [0.3, 0.4) is 0 Å². The zero-order valence-electron chi connectivity index (χ0n) is 20.3. The molecule has 2 aromatic carbocycles. The fraction of sp³-hybridized carbons (Fsp3) is 0.533. The average Bonchev–Trinajstić information content (AvgIpc) is 3.53. The highest BCUT2D eigenvalue weighted by Crippen LogP contribution is 2.57. The van der Waals surface area contributed by atoms with Crippen molar-refractivity contribution >= 4 is 11.6 Å². The third-order valence-corrected chi connectivity index (χ3v) is 8.75. The van der Waals surface area contributed by atoms with Gasteiger partial charge in [0.1, 0.15) is 17.5 Å². The molecule has 2 fully saturated rings. The second kappa shape index (κ2) is 7.14. The van der Waals surface area contributed by atoms with Crippen molar-refractivity contribution in [1.82, 2.24) is 0 Å². The van der Waals surface area contributed by atoms with Gasteiger partial charge >= 0.3 is 0 Å². The number of fused-ring (bicyclic) bond motifs is 1. The summed E-state index contributed by atoms with van der Waals surface area (Å²) in [7, 11) is 0. The summed E-state index contributed by atoms with van der Waals surface area (Å²) < 4.78 is 0. The number of ketones is 2. The van der Waals surface area contributed by atoms with Gasteiger partial charge in [0.05, 0.1) is 0 Å². The van der Waals surface area contributed by atoms with E-state index in [-0.39, 0.29) is 27.8 Å². The summed E-state index contributed by atoms with van der Waals surface area (Å²) >= 11 is 0. The smallest absolute Gasteiger partial charge is 0.147 e. The zero-order chi connectivity index (χ0) is 22.9. The number of aryl methyl sites for hydroxylation is 1. The molecule has 0 aliphatic heterocycles. The molecule has 0 bridgehead atoms. The second-order valence-electron chi connectivity index (χ2n) is 11.9. The maximum Gasteiger partial charge on any atom is 0.147 e. The lowest BCUT2D eigenvalue weighted by Gasteiger charge is -2.43. The Morgan fingerprint density at radius 2 is 1.25 bits per heavy atom. The number of carbonyl (C=O) groups is 2. The lowest BCUT2D eigenvalue weighted by molar-refractivity contribution is -0.131. The molecule has 2 heteroatoms. The molecule has 2 saturated carbocycles. The molecule has 0 heterocycles. The van der Waals surface area contributed by atoms with Crippen LogP contribution in [0.2, 0.25) is 0 Å². The number of hydrogen-bond acceptors (Lipinski definition) is 2. The van der Waals surface area contributed by atoms with E-state index in [1.807, 2.05) is 12.1 Å². The molecule has 2 aromatic rings. The Labute approximate surface area is 192 Å². The zero-order valence-corrected chi connectivity index (χ0v) is 20.3. The Hall–Kier alpha value is -2.22. The summed E-state index contributed by atoms with van der Waals surface area (Å²) in [4.78, 5) is 24.8. The molecular formula is C30H36O2. The van der Waals surface area contributed by atoms with Crippen LogP contribution in [0, 0.1) is 6.92 Å². The predicted octanol–water partition coefficient (Wildman–Crippen LogP) is 6.83. The van der Waals surface area contributed by atoms with Gasteiger partial charge in [0, 0.05) is 18.3 Å². The molecule has 0 atom stereocenters. The van der Waals surface area contributed by atoms with Crippen LogP contribution >= 0.6 is 0 Å². The Kier molecular flexibility index (Phi) is 4.82. The monoisotopic (exact) mass is 428 g/mol. The van der Waals surface area contributed by atoms with Crippen molar-refractivity contribution in [3.8, 4) is 0 Å². The first-order valence-electron chi connectivity index (χ1n) is 12.4. The molecule has 32 heavy (non-hydrogen) atoms. The Balaban J connectivity index is 1.54. The number of benzene rings is 2. The van der Waals surface area contributed by atoms with Crippen LogP contribution in [0.1, 0.15) is 112 Å². The SMILES string of the molecule is Cc1cc2c(cc1C1(c3ccc(C4C(=O)CCCC4=O)cc3)CC1)C(C)(C)CCC2(C)C. The van der Waals surface area contributed by atoms with Crippen LogP contribution in [-0.2, 0) is 25.8 Å². The predicted molar refractivity (Wildman–Crippen MR) is 130 cm³/mol. The van der Waals surface area contributed by atoms with Crippen molar-refractivity contribution in [3.63, 3.8) is 0 Å². The van der Waals surface area contributed by atoms with Gasteiger partial charge in [0.25, 0.3) is 0 Å². The summed E-state index contributed by atoms with van der Waals surface area (Å²) in [5, 5.41) is 0. The van der Waals surface area contributed by atoms with E-state index in [1.54, 1.807) is 0 Å². The lowest BCUT2D eigenvalue weighted by atomic mass is 9.62. The highest BCUT2D eigenvalue weighted by Gasteiger charge is 2.48. The van der Waals surface area contributed by atoms with E-state index in [1.165, 1.54) is 40.7 Å². The lowest BCUT2D eigenvalue weighted by Crippen LogP contribution is -2.34. The van der Waals surface area contributed by atoms with Gasteiger partial charge < -0.3 is 0 Å². The van der Waals surface area contributed by atoms with E-state index >= 15 is 0 Å². The van der Waals surface area contributed by atoms with Crippen LogP contribution in [0.5, 0.6) is 0 Å². The minimum absolute atomic E-state index is 0.0793. The minimum atomic E-state index is -0.540. The molecule has 0 radical (unpaired) electrons. The number of hydrogen-bond donors (Lipinski definition) is 0. The van der Waals surface area contributed by atoms with Crippen LogP contribution in [-0.4, -0.2) is 11.6 Å². The highest BCUT2D eigenvalue weighted by atomic mass is 16.2. The molecule has 0 unspecified atom stereocenters. The van der Waals surface area contributed by atoms with E-state index in [9.17, 15) is 9.59 Å². The van der Waals surface area contributed by atoms with E-state index < -0.39 is 5.92 Å². The summed E-state index contributed by atoms with van der Waals surface area (Å²) in [5.41, 5.74) is 8.63. The van der Waals surface area contributed by atoms with Crippen molar-refractivity contribution < 1.29 is 9.59 Å². The Bertz CT molecular complexity index is 1080. The standard InChI is InChI=1S/C30H36O2/c1-19-17-23-24(29(4,5)14-13-28(23,2)3)18-22(19)30(15-16-30)21-11-9-20(10-12-21)27-25(31)7-6-8-26(27)32/h9-12,17-18,27H,6-8,13-16H2,1-5H3. The van der Waals surface area contributed by atoms with Crippen molar-refractivity contribution in [1.29, 1.82) is 0 Å². The maximum atomic E-state index is 12.4. The van der Waals surface area contributed by atoms with Crippen LogP contribution in [0.15, 0.2) is 36.4 Å². The molecule has 5 rings (SSSR count). The normalized spacial score (nSPS) is 23.7. The van der Waals surface area contributed by atoms with Crippen LogP contribution < -0.4 is 0 Å². The number of Topliss-reactive ketones (excluding diaryl/α,β-unsaturated/α-hetero) is 2. The van der Waals surface area contributed by atoms with Gasteiger partial charge in [-0.2, -0.15) is 0 Å². The first-order valence-corrected chi connectivity index (χ1v) is 12.4. The van der Waals surface area contributed by atoms with Crippen molar-refractivity contribution in [2.45, 2.75) is 102 Å². The molecule has 0 saturated heterocycles. The van der Waals surface area contributed by atoms with Crippen molar-refractivity contribution in [3.05, 3.63) is 69.8 Å². The molecular weight excluding hydrogens is 392 g/mol. The molecule has 0 aromatic heterocycles. The van der Waals surface area contributed by atoms with Gasteiger partial charge in [-0.1, -0.05) is 64.1 Å². The fourth-order valence-corrected chi connectivity index (χ4v) is 6.35. The van der Waals surface area contributed by atoms with E-state index in [2.05, 4.69) is 58.9 Å². The molecule has 3 aliphatic rings. The second-order valence-corrected chi connectivity index (χ2v) is 11.9. The largest absolute Gasteiger partial charge is 0.299 e. The van der Waals surface area contributed by atoms with Crippen molar-refractivity contribution in [2.75, 3.05) is 0 Å². The summed E-state index contributed by atoms with van der Waals surface area (Å²) in [5.74, 6) is -0.363. The molecule has 0 N–H and O–H groups in total. The molecule has 0 amide bonds. The van der Waals surface area contributed by atoms with E-state index in [4.69, 9.17) is 0 Å². The molecule has 0 spiro atoms. The summed E-state index contributed by atoms with van der Waals surface area (Å²) in [6, 6.07) is 13.5. The number of carbonyl (C=O) groups excluding carboxylic acids is 2. The fourth-order valence-electron chi connectivity index (χ4n) is 6.35. The van der Waals surface area contributed by atoms with Gasteiger partial charge in [-0.05, 0) is 83.2 Å². The maximum absolute atomic E-state index is 12.4. The van der Waals surface area contributed by atoms with Gasteiger partial charge in [0.2, 0.25) is 0 Å². The third-order valence-electron chi connectivity index (χ3n) is 8.75. The molecule has 168 valence electrons. The topological polar surface area (TPSA) is 34.1 Å². The highest BCUT2D eigenvalue weighted by molar-refractivity contribution is 6.09. The van der Waals surface area contributed by atoms with Crippen molar-refractivity contribution in [2.24, 2.45) is 0 Å². The first kappa shape index (κ1) is 21.6. The van der Waals surface area contributed by atoms with Gasteiger partial charge in [0.15, 0.2) is 0 Å². The third kappa shape index (κ3) is 3.29. The molecule has 2 nitrogen and oxygen atoms in total. The Morgan fingerprint density at radius 3 is 1.78 bits per heavy atom. The molecule has 3 aliphatic carbocycles. The first-order chi connectivity index (χ1) is 15.1. The number of rotatable bonds is 3. The minimum Gasteiger partial charge on any atom is -0.299 e. The van der Waals surface area contributed by atoms with Crippen LogP contribution in [0.25, 0.3) is 0 Å². The Morgan fingerprint density at radius 1 is 0.719 bits per heavy atom. The van der Waals surface area contributed by atoms with Gasteiger partial charge in [-0.15, -0.1) is 0 Å². The summed E-state index contributed by atoms with van der Waals surface area (Å²) in [6.45, 7) is 11.8. The quantitative estimate of drug-likeness (QED) is 0.502. The van der Waals surface area contributed by atoms with E-state index in [0.717, 1.165) is 18.4 Å². The van der Waals surface area contributed by atoms with E-state index in [0.29, 0.717) is 19.3 Å². The average molecular weight is 429 g/mol. The van der Waals surface area contributed by atoms with Crippen LogP contribution in [0.4, 0.5) is 0 Å². The van der Waals surface area contributed by atoms with Gasteiger partial charge in [-0.25, -0.2) is 0 Å². The summed E-state index contributed by atoms with van der Waals surface area (Å²) in [6.07, 6.45) is 6.55. The van der Waals surface area contributed by atoms with Gasteiger partial charge in [-0.3, -0.25) is 9.59 Å².